The molecule has 2 heterocycles. The number of ether oxygens (including phenoxy) is 4. The Bertz CT molecular complexity index is 1950. The molecule has 14 heteroatoms. The van der Waals surface area contributed by atoms with Gasteiger partial charge >= 0.3 is 14.2 Å². The van der Waals surface area contributed by atoms with E-state index < -0.39 is 37.6 Å². The minimum atomic E-state index is -1.98. The molecule has 4 unspecified atom stereocenters. The van der Waals surface area contributed by atoms with Crippen molar-refractivity contribution in [1.29, 1.82) is 0 Å². The minimum Gasteiger partial charge on any atom is -0.497 e. The van der Waals surface area contributed by atoms with Crippen LogP contribution in [0, 0.1) is 17.0 Å². The molecule has 4 aromatic carbocycles. The highest BCUT2D eigenvalue weighted by Gasteiger charge is 2.45. The topological polar surface area (TPSA) is 144 Å². The van der Waals surface area contributed by atoms with Gasteiger partial charge in [-0.1, -0.05) is 54.6 Å². The van der Waals surface area contributed by atoms with Crippen LogP contribution in [-0.2, 0) is 24.1 Å². The van der Waals surface area contributed by atoms with Crippen molar-refractivity contribution in [3.05, 3.63) is 158 Å². The molecule has 52 heavy (non-hydrogen) atoms. The van der Waals surface area contributed by atoms with Crippen LogP contribution in [0.25, 0.3) is 0 Å². The third-order valence-corrected chi connectivity index (χ3v) is 9.90. The number of nitro groups is 1. The van der Waals surface area contributed by atoms with Gasteiger partial charge in [0.05, 0.1) is 31.3 Å². The lowest BCUT2D eigenvalue weighted by molar-refractivity contribution is -0.762. The Kier molecular flexibility index (Phi) is 11.6. The number of non-ortho nitro benzene ring substituents is 1. The summed E-state index contributed by atoms with van der Waals surface area (Å²) in [5.41, 5.74) is 1.71. The van der Waals surface area contributed by atoms with Crippen molar-refractivity contribution in [2.75, 3.05) is 27.9 Å². The lowest BCUT2D eigenvalue weighted by Crippen LogP contribution is -2.42. The van der Waals surface area contributed by atoms with Crippen LogP contribution in [0.1, 0.15) is 34.9 Å². The van der Waals surface area contributed by atoms with E-state index in [0.29, 0.717) is 29.2 Å². The molecule has 0 bridgehead atoms. The average molecular weight is 729 g/mol. The van der Waals surface area contributed by atoms with E-state index in [0.717, 1.165) is 16.7 Å². The zero-order valence-corrected chi connectivity index (χ0v) is 29.9. The Balaban J connectivity index is 1.36. The summed E-state index contributed by atoms with van der Waals surface area (Å²) in [6.07, 6.45) is 1.86. The molecule has 1 aliphatic rings. The van der Waals surface area contributed by atoms with Crippen LogP contribution < -0.4 is 24.1 Å². The first-order chi connectivity index (χ1) is 25.2. The zero-order valence-electron chi connectivity index (χ0n) is 29.0. The number of aromatic nitrogens is 2. The number of nitrogens with one attached hydrogen (secondary N) is 1. The van der Waals surface area contributed by atoms with E-state index in [2.05, 4.69) is 4.98 Å². The van der Waals surface area contributed by atoms with Crippen molar-refractivity contribution < 1.29 is 42.0 Å². The predicted molar refractivity (Wildman–Crippen MR) is 191 cm³/mol. The summed E-state index contributed by atoms with van der Waals surface area (Å²) in [5.74, 6) is 1.74. The molecule has 0 saturated carbocycles. The van der Waals surface area contributed by atoms with Gasteiger partial charge in [-0.3, -0.25) is 14.6 Å². The number of aryl methyl sites for hydroxylation is 1. The second kappa shape index (κ2) is 16.4. The Hall–Kier alpha value is -5.17. The largest absolute Gasteiger partial charge is 0.497 e. The fraction of sp³-hybridized carbons (Fsp3) is 0.263. The monoisotopic (exact) mass is 728 g/mol. The number of H-pyrrole nitrogens is 1. The van der Waals surface area contributed by atoms with Crippen molar-refractivity contribution in [1.82, 2.24) is 4.98 Å². The maximum absolute atomic E-state index is 12.2. The highest BCUT2D eigenvalue weighted by molar-refractivity contribution is 7.42. The molecule has 1 saturated heterocycles. The number of aromatic amines is 1. The molecular weight excluding hydrogens is 689 g/mol. The summed E-state index contributed by atoms with van der Waals surface area (Å²) in [6, 6.07) is 31.1. The Morgan fingerprint density at radius 1 is 0.865 bits per heavy atom. The van der Waals surface area contributed by atoms with Gasteiger partial charge in [-0.2, -0.15) is 0 Å². The van der Waals surface area contributed by atoms with Crippen molar-refractivity contribution in [2.24, 2.45) is 0 Å². The molecule has 270 valence electrons. The second-order valence-corrected chi connectivity index (χ2v) is 13.1. The SMILES string of the molecule is COc1ccc(C(OCC2OC([n+]3c[nH]c(=O)c(C)c3)CC2OP(OC)Oc2ccc([N+](=O)[O-])cc2)(c2ccccc2)c2ccc(OC)cc2)cc1. The Morgan fingerprint density at radius 2 is 1.44 bits per heavy atom. The number of nitro benzene ring substituents is 1. The fourth-order valence-electron chi connectivity index (χ4n) is 6.09. The highest BCUT2D eigenvalue weighted by Crippen LogP contribution is 2.47. The average Bonchev–Trinajstić information content (AvgIpc) is 3.59. The van der Waals surface area contributed by atoms with Gasteiger partial charge < -0.3 is 28.0 Å². The van der Waals surface area contributed by atoms with Gasteiger partial charge in [0.25, 0.3) is 5.69 Å². The molecule has 1 N–H and O–H groups in total. The second-order valence-electron chi connectivity index (χ2n) is 11.9. The van der Waals surface area contributed by atoms with Crippen molar-refractivity contribution in [2.45, 2.75) is 37.4 Å². The van der Waals surface area contributed by atoms with Crippen LogP contribution in [0.4, 0.5) is 5.69 Å². The van der Waals surface area contributed by atoms with E-state index >= 15 is 0 Å². The Morgan fingerprint density at radius 3 is 1.98 bits per heavy atom. The minimum absolute atomic E-state index is 0.0570. The predicted octanol–water partition coefficient (Wildman–Crippen LogP) is 6.53. The van der Waals surface area contributed by atoms with Gasteiger partial charge in [-0.15, -0.1) is 0 Å². The first-order valence-corrected chi connectivity index (χ1v) is 17.5. The van der Waals surface area contributed by atoms with Gasteiger partial charge in [-0.25, -0.2) is 14.3 Å². The maximum atomic E-state index is 12.2. The van der Waals surface area contributed by atoms with Gasteiger partial charge in [-0.05, 0) is 60.0 Å². The van der Waals surface area contributed by atoms with Crippen molar-refractivity contribution in [3.63, 3.8) is 0 Å². The van der Waals surface area contributed by atoms with Crippen LogP contribution in [-0.4, -0.2) is 50.1 Å². The number of nitrogens with zero attached hydrogens (tertiary/aromatic N) is 2. The quantitative estimate of drug-likeness (QED) is 0.0415. The molecule has 1 aliphatic heterocycles. The molecular formula is C38H39N3O10P+. The summed E-state index contributed by atoms with van der Waals surface area (Å²) in [5, 5.41) is 11.2. The van der Waals surface area contributed by atoms with Gasteiger partial charge in [0.15, 0.2) is 0 Å². The first-order valence-electron chi connectivity index (χ1n) is 16.4. The van der Waals surface area contributed by atoms with Crippen LogP contribution in [0.15, 0.2) is 120 Å². The summed E-state index contributed by atoms with van der Waals surface area (Å²) >= 11 is 0. The number of methoxy groups -OCH3 is 2. The van der Waals surface area contributed by atoms with Crippen LogP contribution in [0.2, 0.25) is 0 Å². The van der Waals surface area contributed by atoms with E-state index in [1.807, 2.05) is 78.9 Å². The zero-order chi connectivity index (χ0) is 36.7. The van der Waals surface area contributed by atoms with Gasteiger partial charge in [0.2, 0.25) is 12.6 Å². The van der Waals surface area contributed by atoms with E-state index in [4.69, 9.17) is 32.5 Å². The molecule has 1 aromatic heterocycles. The standard InChI is InChI=1S/C38H38N3O10P/c1-26-23-40(25-39-37(26)42)36-22-34(51-52(47-4)50-33-20-14-30(15-21-33)41(43)44)35(49-36)24-48-38(27-8-6-5-7-9-27,28-10-16-31(45-2)17-11-28)29-12-18-32(46-3)19-13-29/h5-21,23,25,34-36H,22,24H2,1-4H3/p+1. The normalized spacial score (nSPS) is 17.7. The molecule has 13 nitrogen and oxygen atoms in total. The molecule has 0 amide bonds. The summed E-state index contributed by atoms with van der Waals surface area (Å²) in [6.45, 7) is 1.78. The molecule has 0 aliphatic carbocycles. The van der Waals surface area contributed by atoms with Gasteiger partial charge in [0.1, 0.15) is 41.3 Å². The van der Waals surface area contributed by atoms with Crippen LogP contribution in [0.3, 0.4) is 0 Å². The third kappa shape index (κ3) is 7.99. The molecule has 6 rings (SSSR count). The highest BCUT2D eigenvalue weighted by atomic mass is 31.2. The number of benzene rings is 4. The number of hydrogen-bond donors (Lipinski definition) is 1. The summed E-state index contributed by atoms with van der Waals surface area (Å²) in [7, 11) is 2.72. The molecule has 5 aromatic rings. The fourth-order valence-corrected chi connectivity index (χ4v) is 7.03. The van der Waals surface area contributed by atoms with E-state index in [1.54, 1.807) is 38.2 Å². The maximum Gasteiger partial charge on any atom is 0.397 e. The van der Waals surface area contributed by atoms with Gasteiger partial charge in [0, 0.05) is 25.7 Å². The summed E-state index contributed by atoms with van der Waals surface area (Å²) < 4.78 is 44.7. The molecule has 0 spiro atoms. The third-order valence-electron chi connectivity index (χ3n) is 8.79. The molecule has 0 radical (unpaired) electrons. The molecule has 1 fully saturated rings. The van der Waals surface area contributed by atoms with Crippen LogP contribution >= 0.6 is 8.60 Å². The smallest absolute Gasteiger partial charge is 0.397 e. The lowest BCUT2D eigenvalue weighted by Gasteiger charge is -2.37. The lowest BCUT2D eigenvalue weighted by atomic mass is 9.80. The van der Waals surface area contributed by atoms with E-state index in [-0.39, 0.29) is 17.9 Å². The van der Waals surface area contributed by atoms with Crippen LogP contribution in [0.5, 0.6) is 17.2 Å². The van der Waals surface area contributed by atoms with E-state index in [9.17, 15) is 14.9 Å². The number of rotatable bonds is 15. The summed E-state index contributed by atoms with van der Waals surface area (Å²) in [4.78, 5) is 25.6. The van der Waals surface area contributed by atoms with Crippen molar-refractivity contribution in [3.8, 4) is 17.2 Å². The first kappa shape index (κ1) is 36.6. The Labute approximate surface area is 301 Å². The van der Waals surface area contributed by atoms with Crippen molar-refractivity contribution >= 4 is 14.3 Å². The number of hydrogen-bond acceptors (Lipinski definition) is 10. The molecule has 4 atom stereocenters. The van der Waals surface area contributed by atoms with E-state index in [1.165, 1.54) is 31.4 Å².